The number of hydrogen-bond donors (Lipinski definition) is 1. The van der Waals surface area contributed by atoms with Crippen molar-refractivity contribution in [3.8, 4) is 0 Å². The molecule has 1 amide bonds. The zero-order valence-electron chi connectivity index (χ0n) is 17.6. The second-order valence-electron chi connectivity index (χ2n) is 8.40. The molecule has 0 aromatic heterocycles. The molecule has 5 nitrogen and oxygen atoms in total. The van der Waals surface area contributed by atoms with E-state index in [1.54, 1.807) is 6.92 Å². The molecule has 0 aromatic rings. The molecule has 1 N–H and O–H groups in total. The van der Waals surface area contributed by atoms with Crippen molar-refractivity contribution in [2.24, 2.45) is 5.92 Å². The van der Waals surface area contributed by atoms with Gasteiger partial charge in [-0.3, -0.25) is 4.79 Å². The molecule has 0 aliphatic heterocycles. The lowest BCUT2D eigenvalue weighted by molar-refractivity contribution is -0.133. The van der Waals surface area contributed by atoms with Gasteiger partial charge in [-0.05, 0) is 53.9 Å². The van der Waals surface area contributed by atoms with E-state index < -0.39 is 0 Å². The Morgan fingerprint density at radius 2 is 1.88 bits per heavy atom. The number of carbonyl (C=O) groups excluding carboxylic acids is 2. The van der Waals surface area contributed by atoms with Crippen LogP contribution in [0.1, 0.15) is 74.1 Å². The van der Waals surface area contributed by atoms with Gasteiger partial charge in [0.05, 0.1) is 17.8 Å². The summed E-state index contributed by atoms with van der Waals surface area (Å²) in [7, 11) is 0. The molecule has 0 bridgehead atoms. The highest BCUT2D eigenvalue weighted by atomic mass is 16.5. The van der Waals surface area contributed by atoms with Gasteiger partial charge < -0.3 is 19.6 Å². The molecule has 150 valence electrons. The van der Waals surface area contributed by atoms with Gasteiger partial charge in [0.1, 0.15) is 12.4 Å². The van der Waals surface area contributed by atoms with Crippen LogP contribution in [0.25, 0.3) is 0 Å². The molecule has 1 rings (SSSR count). The fourth-order valence-corrected chi connectivity index (χ4v) is 3.32. The maximum Gasteiger partial charge on any atom is 0.246 e. The number of nitrogens with one attached hydrogen (secondary N) is 1. The van der Waals surface area contributed by atoms with Crippen LogP contribution in [0, 0.1) is 5.92 Å². The van der Waals surface area contributed by atoms with E-state index in [-0.39, 0.29) is 48.1 Å². The number of hydrogen-bond acceptors (Lipinski definition) is 4. The number of rotatable bonds is 9. The summed E-state index contributed by atoms with van der Waals surface area (Å²) in [6.45, 7) is 13.7. The molecule has 5 heteroatoms. The van der Waals surface area contributed by atoms with Crippen LogP contribution < -0.4 is 5.32 Å². The fraction of sp³-hybridized carbons (Fsp3) is 0.810. The molecular weight excluding hydrogens is 330 g/mol. The van der Waals surface area contributed by atoms with Crippen LogP contribution in [0.2, 0.25) is 0 Å². The maximum atomic E-state index is 12.4. The van der Waals surface area contributed by atoms with Crippen molar-refractivity contribution in [1.29, 1.82) is 0 Å². The summed E-state index contributed by atoms with van der Waals surface area (Å²) < 4.78 is 11.9. The second kappa shape index (κ2) is 10.2. The molecule has 0 saturated carbocycles. The Hall–Kier alpha value is -1.20. The van der Waals surface area contributed by atoms with Gasteiger partial charge in [-0.2, -0.15) is 0 Å². The highest BCUT2D eigenvalue weighted by Crippen LogP contribution is 2.31. The standard InChI is InChI=1S/C21H37NO4/c1-8-16(9-2)26-19-11-14(3)10-18(17(19)12-15(4)23)22-20(24)13-25-21(5,6)7/h11,16-19H,8-10,12-13H2,1-7H3,(H,22,24). The topological polar surface area (TPSA) is 64.6 Å². The summed E-state index contributed by atoms with van der Waals surface area (Å²) in [5, 5.41) is 3.08. The normalized spacial score (nSPS) is 23.7. The minimum atomic E-state index is -0.361. The highest BCUT2D eigenvalue weighted by Gasteiger charge is 2.35. The Balaban J connectivity index is 2.88. The number of ether oxygens (including phenoxy) is 2. The van der Waals surface area contributed by atoms with Crippen molar-refractivity contribution in [1.82, 2.24) is 5.32 Å². The largest absolute Gasteiger partial charge is 0.371 e. The Morgan fingerprint density at radius 1 is 1.27 bits per heavy atom. The first kappa shape index (κ1) is 22.8. The molecule has 26 heavy (non-hydrogen) atoms. The quantitative estimate of drug-likeness (QED) is 0.630. The van der Waals surface area contributed by atoms with Gasteiger partial charge >= 0.3 is 0 Å². The van der Waals surface area contributed by atoms with Gasteiger partial charge in [0.15, 0.2) is 0 Å². The summed E-state index contributed by atoms with van der Waals surface area (Å²) in [5.41, 5.74) is 0.822. The van der Waals surface area contributed by atoms with Crippen molar-refractivity contribution in [3.05, 3.63) is 11.6 Å². The van der Waals surface area contributed by atoms with E-state index in [1.807, 2.05) is 20.8 Å². The van der Waals surface area contributed by atoms with Crippen molar-refractivity contribution < 1.29 is 19.1 Å². The third kappa shape index (κ3) is 8.00. The van der Waals surface area contributed by atoms with Crippen molar-refractivity contribution in [3.63, 3.8) is 0 Å². The third-order valence-corrected chi connectivity index (χ3v) is 4.70. The van der Waals surface area contributed by atoms with Crippen LogP contribution in [-0.4, -0.2) is 42.1 Å². The van der Waals surface area contributed by atoms with E-state index in [4.69, 9.17) is 9.47 Å². The van der Waals surface area contributed by atoms with E-state index in [9.17, 15) is 9.59 Å². The van der Waals surface area contributed by atoms with Gasteiger partial charge in [0.2, 0.25) is 5.91 Å². The Morgan fingerprint density at radius 3 is 2.38 bits per heavy atom. The zero-order valence-corrected chi connectivity index (χ0v) is 17.6. The first-order chi connectivity index (χ1) is 12.1. The Kier molecular flexibility index (Phi) is 8.97. The SMILES string of the molecule is CCC(CC)OC1C=C(C)CC(NC(=O)COC(C)(C)C)C1CC(C)=O. The lowest BCUT2D eigenvalue weighted by Gasteiger charge is -2.38. The van der Waals surface area contributed by atoms with Crippen LogP contribution in [-0.2, 0) is 19.1 Å². The van der Waals surface area contributed by atoms with Crippen LogP contribution in [0.4, 0.5) is 0 Å². The first-order valence-electron chi connectivity index (χ1n) is 9.81. The van der Waals surface area contributed by atoms with Gasteiger partial charge in [0, 0.05) is 18.4 Å². The number of ketones is 1. The fourth-order valence-electron chi connectivity index (χ4n) is 3.32. The minimum absolute atomic E-state index is 0.0215. The summed E-state index contributed by atoms with van der Waals surface area (Å²) in [6.07, 6.45) is 5.15. The summed E-state index contributed by atoms with van der Waals surface area (Å²) in [6, 6.07) is -0.112. The van der Waals surface area contributed by atoms with Crippen LogP contribution in [0.3, 0.4) is 0 Å². The number of carbonyl (C=O) groups is 2. The molecule has 0 spiro atoms. The minimum Gasteiger partial charge on any atom is -0.371 e. The summed E-state index contributed by atoms with van der Waals surface area (Å²) >= 11 is 0. The van der Waals surface area contributed by atoms with Crippen LogP contribution >= 0.6 is 0 Å². The predicted octanol–water partition coefficient (Wildman–Crippen LogP) is 3.81. The average Bonchev–Trinajstić information content (AvgIpc) is 2.52. The molecule has 1 aliphatic rings. The monoisotopic (exact) mass is 367 g/mol. The van der Waals surface area contributed by atoms with Gasteiger partial charge in [0.25, 0.3) is 0 Å². The molecule has 1 aliphatic carbocycles. The van der Waals surface area contributed by atoms with Gasteiger partial charge in [-0.25, -0.2) is 0 Å². The van der Waals surface area contributed by atoms with E-state index in [2.05, 4.69) is 32.2 Å². The van der Waals surface area contributed by atoms with E-state index in [0.717, 1.165) is 19.3 Å². The second-order valence-corrected chi connectivity index (χ2v) is 8.40. The third-order valence-electron chi connectivity index (χ3n) is 4.70. The Bertz CT molecular complexity index is 503. The van der Waals surface area contributed by atoms with Crippen molar-refractivity contribution in [2.75, 3.05) is 6.61 Å². The van der Waals surface area contributed by atoms with E-state index in [1.165, 1.54) is 5.57 Å². The molecule has 3 atom stereocenters. The van der Waals surface area contributed by atoms with E-state index in [0.29, 0.717) is 6.42 Å². The molecule has 0 fully saturated rings. The van der Waals surface area contributed by atoms with Gasteiger partial charge in [-0.1, -0.05) is 25.5 Å². The number of Topliss-reactive ketones (excluding diaryl/α,β-unsaturated/α-hetero) is 1. The zero-order chi connectivity index (χ0) is 19.9. The molecule has 0 heterocycles. The Labute approximate surface area is 158 Å². The van der Waals surface area contributed by atoms with Crippen LogP contribution in [0.15, 0.2) is 11.6 Å². The predicted molar refractivity (Wildman–Crippen MR) is 104 cm³/mol. The highest BCUT2D eigenvalue weighted by molar-refractivity contribution is 5.78. The molecule has 0 saturated heterocycles. The first-order valence-corrected chi connectivity index (χ1v) is 9.81. The summed E-state index contributed by atoms with van der Waals surface area (Å²) in [5.74, 6) is -0.0730. The molecule has 3 unspecified atom stereocenters. The van der Waals surface area contributed by atoms with Gasteiger partial charge in [-0.15, -0.1) is 0 Å². The van der Waals surface area contributed by atoms with Crippen molar-refractivity contribution >= 4 is 11.7 Å². The number of amides is 1. The average molecular weight is 368 g/mol. The summed E-state index contributed by atoms with van der Waals surface area (Å²) in [4.78, 5) is 24.2. The smallest absolute Gasteiger partial charge is 0.246 e. The molecular formula is C21H37NO4. The lowest BCUT2D eigenvalue weighted by Crippen LogP contribution is -2.49. The maximum absolute atomic E-state index is 12.4. The lowest BCUT2D eigenvalue weighted by atomic mass is 9.80. The van der Waals surface area contributed by atoms with E-state index >= 15 is 0 Å². The molecule has 0 aromatic carbocycles. The van der Waals surface area contributed by atoms with Crippen molar-refractivity contribution in [2.45, 2.75) is 98.0 Å². The van der Waals surface area contributed by atoms with Crippen LogP contribution in [0.5, 0.6) is 0 Å². The molecule has 0 radical (unpaired) electrons.